The lowest BCUT2D eigenvalue weighted by Crippen LogP contribution is -2.48. The molecule has 2 saturated heterocycles. The summed E-state index contributed by atoms with van der Waals surface area (Å²) in [6, 6.07) is 0.437. The molecular weight excluding hydrogens is 212 g/mol. The minimum atomic E-state index is 0.229. The van der Waals surface area contributed by atoms with Crippen molar-refractivity contribution in [1.29, 1.82) is 0 Å². The molecule has 2 aliphatic heterocycles. The summed E-state index contributed by atoms with van der Waals surface area (Å²) in [5.74, 6) is 1.50. The van der Waals surface area contributed by atoms with Gasteiger partial charge >= 0.3 is 0 Å². The molecule has 0 N–H and O–H groups in total. The number of hydrogen-bond acceptors (Lipinski definition) is 3. The normalized spacial score (nSPS) is 36.6. The number of Topliss-reactive ketones (excluding diaryl/α,β-unsaturated/α-hetero) is 1. The zero-order chi connectivity index (χ0) is 12.4. The standard InChI is InChI=1S/C14H26N2O/c1-4-15-7-5-13(9-15)10-16-8-6-14(17)11(2)12(16)3/h11-13H,4-10H2,1-3H3. The van der Waals surface area contributed by atoms with Crippen LogP contribution in [0.4, 0.5) is 0 Å². The molecule has 0 saturated carbocycles. The molecule has 2 fully saturated rings. The van der Waals surface area contributed by atoms with E-state index in [1.165, 1.54) is 32.6 Å². The van der Waals surface area contributed by atoms with Crippen LogP contribution in [0.2, 0.25) is 0 Å². The van der Waals surface area contributed by atoms with Crippen molar-refractivity contribution < 1.29 is 4.79 Å². The second kappa shape index (κ2) is 5.49. The van der Waals surface area contributed by atoms with E-state index in [0.29, 0.717) is 11.8 Å². The quantitative estimate of drug-likeness (QED) is 0.746. The number of piperidine rings is 1. The summed E-state index contributed by atoms with van der Waals surface area (Å²) in [5, 5.41) is 0. The van der Waals surface area contributed by atoms with E-state index in [0.717, 1.165) is 18.9 Å². The maximum absolute atomic E-state index is 11.7. The van der Waals surface area contributed by atoms with Gasteiger partial charge in [0.25, 0.3) is 0 Å². The van der Waals surface area contributed by atoms with Crippen LogP contribution < -0.4 is 0 Å². The van der Waals surface area contributed by atoms with Gasteiger partial charge in [-0.25, -0.2) is 0 Å². The number of ketones is 1. The topological polar surface area (TPSA) is 23.6 Å². The first-order valence-corrected chi connectivity index (χ1v) is 7.11. The molecule has 98 valence electrons. The van der Waals surface area contributed by atoms with Crippen molar-refractivity contribution in [3.8, 4) is 0 Å². The number of nitrogens with zero attached hydrogens (tertiary/aromatic N) is 2. The number of carbonyl (C=O) groups excluding carboxylic acids is 1. The van der Waals surface area contributed by atoms with Crippen molar-refractivity contribution in [2.24, 2.45) is 11.8 Å². The van der Waals surface area contributed by atoms with Gasteiger partial charge in [-0.3, -0.25) is 9.69 Å². The van der Waals surface area contributed by atoms with Gasteiger partial charge in [0.05, 0.1) is 0 Å². The Morgan fingerprint density at radius 1 is 1.29 bits per heavy atom. The molecule has 0 radical (unpaired) electrons. The Labute approximate surface area is 105 Å². The van der Waals surface area contributed by atoms with E-state index in [1.807, 2.05) is 0 Å². The third kappa shape index (κ3) is 2.89. The Morgan fingerprint density at radius 2 is 2.06 bits per heavy atom. The summed E-state index contributed by atoms with van der Waals surface area (Å²) in [6.07, 6.45) is 2.09. The fraction of sp³-hybridized carbons (Fsp3) is 0.929. The van der Waals surface area contributed by atoms with E-state index < -0.39 is 0 Å². The molecule has 3 unspecified atom stereocenters. The molecule has 0 aromatic rings. The first-order valence-electron chi connectivity index (χ1n) is 7.11. The first-order chi connectivity index (χ1) is 8.11. The fourth-order valence-corrected chi connectivity index (χ4v) is 3.21. The lowest BCUT2D eigenvalue weighted by atomic mass is 9.90. The van der Waals surface area contributed by atoms with Crippen LogP contribution in [0.25, 0.3) is 0 Å². The Bertz CT molecular complexity index is 279. The molecule has 0 aliphatic carbocycles. The maximum Gasteiger partial charge on any atom is 0.138 e. The Hall–Kier alpha value is -0.410. The minimum absolute atomic E-state index is 0.229. The van der Waals surface area contributed by atoms with Crippen molar-refractivity contribution >= 4 is 5.78 Å². The monoisotopic (exact) mass is 238 g/mol. The summed E-state index contributed by atoms with van der Waals surface area (Å²) < 4.78 is 0. The van der Waals surface area contributed by atoms with E-state index in [9.17, 15) is 4.79 Å². The predicted molar refractivity (Wildman–Crippen MR) is 70.0 cm³/mol. The Balaban J connectivity index is 1.85. The molecule has 0 spiro atoms. The summed E-state index contributed by atoms with van der Waals surface area (Å²) >= 11 is 0. The SMILES string of the molecule is CCN1CCC(CN2CCC(=O)C(C)C2C)C1. The lowest BCUT2D eigenvalue weighted by Gasteiger charge is -2.38. The summed E-state index contributed by atoms with van der Waals surface area (Å²) in [6.45, 7) is 12.4. The highest BCUT2D eigenvalue weighted by molar-refractivity contribution is 5.82. The maximum atomic E-state index is 11.7. The van der Waals surface area contributed by atoms with Gasteiger partial charge in [-0.2, -0.15) is 0 Å². The molecule has 17 heavy (non-hydrogen) atoms. The Kier molecular flexibility index (Phi) is 4.21. The highest BCUT2D eigenvalue weighted by atomic mass is 16.1. The average molecular weight is 238 g/mol. The van der Waals surface area contributed by atoms with Gasteiger partial charge in [0.1, 0.15) is 5.78 Å². The smallest absolute Gasteiger partial charge is 0.138 e. The molecule has 0 aromatic heterocycles. The van der Waals surface area contributed by atoms with Crippen LogP contribution in [0, 0.1) is 11.8 Å². The van der Waals surface area contributed by atoms with Gasteiger partial charge in [-0.05, 0) is 32.4 Å². The second-order valence-electron chi connectivity index (χ2n) is 5.79. The molecular formula is C14H26N2O. The second-order valence-corrected chi connectivity index (χ2v) is 5.79. The third-order valence-electron chi connectivity index (χ3n) is 4.76. The van der Waals surface area contributed by atoms with Crippen LogP contribution in [0.3, 0.4) is 0 Å². The van der Waals surface area contributed by atoms with Crippen LogP contribution in [0.15, 0.2) is 0 Å². The average Bonchev–Trinajstić information content (AvgIpc) is 2.78. The molecule has 0 amide bonds. The lowest BCUT2D eigenvalue weighted by molar-refractivity contribution is -0.128. The van der Waals surface area contributed by atoms with Gasteiger partial charge in [0.15, 0.2) is 0 Å². The molecule has 3 nitrogen and oxygen atoms in total. The van der Waals surface area contributed by atoms with Gasteiger partial charge in [-0.1, -0.05) is 13.8 Å². The summed E-state index contributed by atoms with van der Waals surface area (Å²) in [4.78, 5) is 16.7. The van der Waals surface area contributed by atoms with Gasteiger partial charge in [0, 0.05) is 38.0 Å². The minimum Gasteiger partial charge on any atom is -0.303 e. The highest BCUT2D eigenvalue weighted by Gasteiger charge is 2.33. The van der Waals surface area contributed by atoms with Crippen molar-refractivity contribution in [3.05, 3.63) is 0 Å². The summed E-state index contributed by atoms with van der Waals surface area (Å²) in [7, 11) is 0. The Morgan fingerprint density at radius 3 is 2.71 bits per heavy atom. The van der Waals surface area contributed by atoms with E-state index in [-0.39, 0.29) is 5.92 Å². The molecule has 2 rings (SSSR count). The van der Waals surface area contributed by atoms with E-state index in [4.69, 9.17) is 0 Å². The number of carbonyl (C=O) groups is 1. The fourth-order valence-electron chi connectivity index (χ4n) is 3.21. The highest BCUT2D eigenvalue weighted by Crippen LogP contribution is 2.24. The van der Waals surface area contributed by atoms with E-state index >= 15 is 0 Å². The van der Waals surface area contributed by atoms with Crippen LogP contribution >= 0.6 is 0 Å². The van der Waals surface area contributed by atoms with Crippen molar-refractivity contribution in [3.63, 3.8) is 0 Å². The molecule has 3 heteroatoms. The molecule has 0 aromatic carbocycles. The van der Waals surface area contributed by atoms with Crippen LogP contribution in [-0.4, -0.2) is 54.3 Å². The third-order valence-corrected chi connectivity index (χ3v) is 4.76. The van der Waals surface area contributed by atoms with Crippen molar-refractivity contribution in [1.82, 2.24) is 9.80 Å². The number of hydrogen-bond donors (Lipinski definition) is 0. The van der Waals surface area contributed by atoms with Crippen molar-refractivity contribution in [2.45, 2.75) is 39.7 Å². The van der Waals surface area contributed by atoms with E-state index in [2.05, 4.69) is 30.6 Å². The molecule has 2 heterocycles. The summed E-state index contributed by atoms with van der Waals surface area (Å²) in [5.41, 5.74) is 0. The molecule has 3 atom stereocenters. The zero-order valence-electron chi connectivity index (χ0n) is 11.5. The van der Waals surface area contributed by atoms with Gasteiger partial charge in [0.2, 0.25) is 0 Å². The zero-order valence-corrected chi connectivity index (χ0v) is 11.5. The van der Waals surface area contributed by atoms with Crippen molar-refractivity contribution in [2.75, 3.05) is 32.7 Å². The molecule has 2 aliphatic rings. The number of likely N-dealkylation sites (tertiary alicyclic amines) is 2. The molecule has 0 bridgehead atoms. The van der Waals surface area contributed by atoms with Crippen LogP contribution in [-0.2, 0) is 4.79 Å². The number of rotatable bonds is 3. The first kappa shape index (κ1) is 13.0. The van der Waals surface area contributed by atoms with E-state index in [1.54, 1.807) is 0 Å². The van der Waals surface area contributed by atoms with Gasteiger partial charge < -0.3 is 4.90 Å². The van der Waals surface area contributed by atoms with Gasteiger partial charge in [-0.15, -0.1) is 0 Å². The van der Waals surface area contributed by atoms with Crippen LogP contribution in [0.1, 0.15) is 33.6 Å². The van der Waals surface area contributed by atoms with Crippen LogP contribution in [0.5, 0.6) is 0 Å². The predicted octanol–water partition coefficient (Wildman–Crippen LogP) is 1.63. The largest absolute Gasteiger partial charge is 0.303 e.